The fraction of sp³-hybridized carbons (Fsp3) is 0.474. The molecule has 0 aromatic heterocycles. The number of nitrogens with zero attached hydrogens (tertiary/aromatic N) is 1. The summed E-state index contributed by atoms with van der Waals surface area (Å²) in [4.78, 5) is 49.7. The minimum atomic E-state index is -1.07. The van der Waals surface area contributed by atoms with E-state index in [1.807, 2.05) is 0 Å². The third-order valence-corrected chi connectivity index (χ3v) is 5.66. The highest BCUT2D eigenvalue weighted by atomic mass is 19.1. The fourth-order valence-electron chi connectivity index (χ4n) is 4.08. The van der Waals surface area contributed by atoms with Gasteiger partial charge in [0.1, 0.15) is 11.9 Å². The van der Waals surface area contributed by atoms with Crippen molar-refractivity contribution in [2.45, 2.75) is 56.7 Å². The first kappa shape index (κ1) is 18.5. The quantitative estimate of drug-likeness (QED) is 0.662. The van der Waals surface area contributed by atoms with Crippen LogP contribution in [0.15, 0.2) is 12.1 Å². The number of imide groups is 2. The Morgan fingerprint density at radius 2 is 1.64 bits per heavy atom. The number of fused-ring (bicyclic) bond motifs is 1. The van der Waals surface area contributed by atoms with Gasteiger partial charge < -0.3 is 11.1 Å². The van der Waals surface area contributed by atoms with Crippen LogP contribution in [0.4, 0.5) is 10.1 Å². The van der Waals surface area contributed by atoms with Crippen LogP contribution < -0.4 is 16.4 Å². The zero-order valence-corrected chi connectivity index (χ0v) is 15.2. The number of benzene rings is 1. The van der Waals surface area contributed by atoms with Crippen molar-refractivity contribution in [1.29, 1.82) is 0 Å². The summed E-state index contributed by atoms with van der Waals surface area (Å²) in [5, 5.41) is 5.24. The first-order chi connectivity index (χ1) is 13.3. The summed E-state index contributed by atoms with van der Waals surface area (Å²) >= 11 is 0. The molecule has 2 fully saturated rings. The van der Waals surface area contributed by atoms with Gasteiger partial charge in [-0.3, -0.25) is 29.4 Å². The second kappa shape index (κ2) is 6.97. The van der Waals surface area contributed by atoms with E-state index in [1.54, 1.807) is 0 Å². The molecule has 1 aromatic carbocycles. The van der Waals surface area contributed by atoms with E-state index in [0.29, 0.717) is 0 Å². The minimum Gasteiger partial charge on any atom is -0.380 e. The molecule has 2 aliphatic heterocycles. The standard InChI is InChI=1S/C19H21FN4O4/c20-13-7-11-12(8-14(13)22-10-3-1-9(21)2-4-10)19(28)24(18(11)27)15-5-6-16(25)23-17(15)26/h7-10,15,22H,1-6,21H2,(H,23,25,26). The van der Waals surface area contributed by atoms with Crippen LogP contribution >= 0.6 is 0 Å². The Balaban J connectivity index is 1.58. The largest absolute Gasteiger partial charge is 0.380 e. The zero-order chi connectivity index (χ0) is 20.0. The number of rotatable bonds is 3. The summed E-state index contributed by atoms with van der Waals surface area (Å²) in [6, 6.07) is 1.52. The summed E-state index contributed by atoms with van der Waals surface area (Å²) in [5.74, 6) is -3.13. The molecule has 0 radical (unpaired) electrons. The lowest BCUT2D eigenvalue weighted by Crippen LogP contribution is -2.54. The van der Waals surface area contributed by atoms with E-state index in [1.165, 1.54) is 6.07 Å². The fourth-order valence-corrected chi connectivity index (χ4v) is 4.08. The summed E-state index contributed by atoms with van der Waals surface area (Å²) in [5.41, 5.74) is 6.04. The van der Waals surface area contributed by atoms with Gasteiger partial charge in [0.05, 0.1) is 16.8 Å². The highest BCUT2D eigenvalue weighted by Gasteiger charge is 2.45. The summed E-state index contributed by atoms with van der Waals surface area (Å²) in [6.07, 6.45) is 3.37. The first-order valence-corrected chi connectivity index (χ1v) is 9.42. The third-order valence-electron chi connectivity index (χ3n) is 5.66. The van der Waals surface area contributed by atoms with Crippen LogP contribution in [0.2, 0.25) is 0 Å². The summed E-state index contributed by atoms with van der Waals surface area (Å²) in [7, 11) is 0. The third kappa shape index (κ3) is 3.15. The van der Waals surface area contributed by atoms with Crippen molar-refractivity contribution in [2.75, 3.05) is 5.32 Å². The normalized spacial score (nSPS) is 27.6. The average Bonchev–Trinajstić information content (AvgIpc) is 2.88. The number of carbonyl (C=O) groups is 4. The predicted octanol–water partition coefficient (Wildman–Crippen LogP) is 0.909. The second-order valence-corrected chi connectivity index (χ2v) is 7.58. The Morgan fingerprint density at radius 3 is 2.29 bits per heavy atom. The van der Waals surface area contributed by atoms with Crippen molar-refractivity contribution >= 4 is 29.3 Å². The van der Waals surface area contributed by atoms with Crippen molar-refractivity contribution in [3.05, 3.63) is 29.1 Å². The molecule has 3 aliphatic rings. The first-order valence-electron chi connectivity index (χ1n) is 9.42. The Labute approximate surface area is 160 Å². The molecule has 1 unspecified atom stereocenters. The maximum atomic E-state index is 14.6. The predicted molar refractivity (Wildman–Crippen MR) is 96.9 cm³/mol. The van der Waals surface area contributed by atoms with E-state index in [4.69, 9.17) is 5.73 Å². The molecular weight excluding hydrogens is 367 g/mol. The van der Waals surface area contributed by atoms with Gasteiger partial charge in [-0.15, -0.1) is 0 Å². The van der Waals surface area contributed by atoms with Crippen LogP contribution in [0.3, 0.4) is 0 Å². The van der Waals surface area contributed by atoms with Crippen molar-refractivity contribution < 1.29 is 23.6 Å². The van der Waals surface area contributed by atoms with Gasteiger partial charge in [0, 0.05) is 18.5 Å². The number of piperidine rings is 1. The molecule has 2 heterocycles. The number of anilines is 1. The highest BCUT2D eigenvalue weighted by Crippen LogP contribution is 2.32. The number of hydrogen-bond donors (Lipinski definition) is 3. The van der Waals surface area contributed by atoms with Crippen LogP contribution in [0.1, 0.15) is 59.2 Å². The number of amides is 4. The molecule has 1 aromatic rings. The lowest BCUT2D eigenvalue weighted by Gasteiger charge is -2.28. The number of halogens is 1. The number of nitrogens with two attached hydrogens (primary N) is 1. The molecule has 1 atom stereocenters. The van der Waals surface area contributed by atoms with E-state index in [2.05, 4.69) is 10.6 Å². The molecule has 1 aliphatic carbocycles. The molecule has 1 saturated heterocycles. The highest BCUT2D eigenvalue weighted by molar-refractivity contribution is 6.23. The van der Waals surface area contributed by atoms with Gasteiger partial charge in [-0.1, -0.05) is 0 Å². The van der Waals surface area contributed by atoms with E-state index < -0.39 is 35.5 Å². The lowest BCUT2D eigenvalue weighted by atomic mass is 9.91. The van der Waals surface area contributed by atoms with Crippen molar-refractivity contribution in [3.8, 4) is 0 Å². The molecule has 4 rings (SSSR count). The molecule has 148 valence electrons. The summed E-state index contributed by atoms with van der Waals surface area (Å²) < 4.78 is 14.6. The van der Waals surface area contributed by atoms with Gasteiger partial charge in [-0.05, 0) is 44.2 Å². The van der Waals surface area contributed by atoms with E-state index in [9.17, 15) is 23.6 Å². The number of carbonyl (C=O) groups excluding carboxylic acids is 4. The molecular formula is C19H21FN4O4. The molecule has 0 spiro atoms. The Bertz CT molecular complexity index is 879. The van der Waals surface area contributed by atoms with Crippen LogP contribution in [-0.2, 0) is 9.59 Å². The minimum absolute atomic E-state index is 0.0365. The molecule has 4 N–H and O–H groups in total. The Morgan fingerprint density at radius 1 is 1.00 bits per heavy atom. The van der Waals surface area contributed by atoms with Crippen LogP contribution in [-0.4, -0.2) is 46.7 Å². The SMILES string of the molecule is NC1CCC(Nc2cc3c(cc2F)C(=O)N(C2CCC(=O)NC2=O)C3=O)CC1. The van der Waals surface area contributed by atoms with E-state index in [0.717, 1.165) is 36.6 Å². The van der Waals surface area contributed by atoms with Gasteiger partial charge in [0.15, 0.2) is 0 Å². The zero-order valence-electron chi connectivity index (χ0n) is 15.2. The molecule has 1 saturated carbocycles. The second-order valence-electron chi connectivity index (χ2n) is 7.58. The van der Waals surface area contributed by atoms with Crippen molar-refractivity contribution in [1.82, 2.24) is 10.2 Å². The average molecular weight is 388 g/mol. The van der Waals surface area contributed by atoms with Gasteiger partial charge in [-0.2, -0.15) is 0 Å². The smallest absolute Gasteiger partial charge is 0.262 e. The van der Waals surface area contributed by atoms with Crippen LogP contribution in [0, 0.1) is 5.82 Å². The molecule has 8 nitrogen and oxygen atoms in total. The monoisotopic (exact) mass is 388 g/mol. The van der Waals surface area contributed by atoms with Gasteiger partial charge in [-0.25, -0.2) is 4.39 Å². The summed E-state index contributed by atoms with van der Waals surface area (Å²) in [6.45, 7) is 0. The van der Waals surface area contributed by atoms with Gasteiger partial charge in [0.2, 0.25) is 11.8 Å². The Kier molecular flexibility index (Phi) is 4.62. The molecule has 4 amide bonds. The van der Waals surface area contributed by atoms with Crippen molar-refractivity contribution in [2.24, 2.45) is 5.73 Å². The molecule has 0 bridgehead atoms. The van der Waals surface area contributed by atoms with Crippen LogP contribution in [0.25, 0.3) is 0 Å². The van der Waals surface area contributed by atoms with Gasteiger partial charge >= 0.3 is 0 Å². The van der Waals surface area contributed by atoms with Crippen LogP contribution in [0.5, 0.6) is 0 Å². The molecule has 28 heavy (non-hydrogen) atoms. The Hall–Kier alpha value is -2.81. The van der Waals surface area contributed by atoms with E-state index in [-0.39, 0.29) is 41.7 Å². The van der Waals surface area contributed by atoms with Crippen molar-refractivity contribution in [3.63, 3.8) is 0 Å². The maximum Gasteiger partial charge on any atom is 0.262 e. The number of hydrogen-bond acceptors (Lipinski definition) is 6. The molecule has 9 heteroatoms. The van der Waals surface area contributed by atoms with Gasteiger partial charge in [0.25, 0.3) is 11.8 Å². The topological polar surface area (TPSA) is 122 Å². The van der Waals surface area contributed by atoms with E-state index >= 15 is 0 Å². The maximum absolute atomic E-state index is 14.6. The lowest BCUT2D eigenvalue weighted by molar-refractivity contribution is -0.136. The number of nitrogens with one attached hydrogen (secondary N) is 2.